The molecule has 6 nitrogen and oxygen atoms in total. The van der Waals surface area contributed by atoms with E-state index in [0.717, 1.165) is 31.5 Å². The smallest absolute Gasteiger partial charge is 0.260 e. The Balaban J connectivity index is 1.33. The Morgan fingerprint density at radius 1 is 1.06 bits per heavy atom. The number of amides is 2. The Labute approximate surface area is 205 Å². The number of furan rings is 1. The normalized spacial score (nSPS) is 14.1. The molecule has 184 valence electrons. The van der Waals surface area contributed by atoms with E-state index in [1.165, 1.54) is 6.07 Å². The molecule has 1 unspecified atom stereocenters. The van der Waals surface area contributed by atoms with Crippen molar-refractivity contribution in [3.8, 4) is 17.1 Å². The van der Waals surface area contributed by atoms with Crippen molar-refractivity contribution in [2.75, 3.05) is 19.7 Å². The summed E-state index contributed by atoms with van der Waals surface area (Å²) in [6.45, 7) is 3.55. The molecule has 4 rings (SSSR count). The number of likely N-dealkylation sites (tertiary alicyclic amines) is 1. The van der Waals surface area contributed by atoms with Crippen molar-refractivity contribution >= 4 is 11.8 Å². The number of carbonyl (C=O) groups is 2. The molecule has 2 aromatic carbocycles. The minimum Gasteiger partial charge on any atom is -0.483 e. The lowest BCUT2D eigenvalue weighted by atomic mass is 10.0. The number of aryl methyl sites for hydroxylation is 1. The van der Waals surface area contributed by atoms with Crippen molar-refractivity contribution in [2.24, 2.45) is 0 Å². The Kier molecular flexibility index (Phi) is 8.19. The number of carbonyl (C=O) groups excluding carboxylic acids is 2. The molecule has 35 heavy (non-hydrogen) atoms. The van der Waals surface area contributed by atoms with Crippen LogP contribution in [0.2, 0.25) is 0 Å². The average Bonchev–Trinajstić information content (AvgIpc) is 3.58. The monoisotopic (exact) mass is 478 g/mol. The summed E-state index contributed by atoms with van der Waals surface area (Å²) in [7, 11) is 0. The molecule has 0 spiro atoms. The molecular weight excluding hydrogens is 447 g/mol. The van der Waals surface area contributed by atoms with Crippen LogP contribution in [0.15, 0.2) is 65.1 Å². The maximum absolute atomic E-state index is 14.0. The van der Waals surface area contributed by atoms with Crippen LogP contribution in [0.5, 0.6) is 5.75 Å². The summed E-state index contributed by atoms with van der Waals surface area (Å²) in [4.78, 5) is 26.9. The summed E-state index contributed by atoms with van der Waals surface area (Å²) in [5, 5.41) is 3.07. The summed E-state index contributed by atoms with van der Waals surface area (Å²) < 4.78 is 25.6. The summed E-state index contributed by atoms with van der Waals surface area (Å²) in [6, 6.07) is 17.2. The molecule has 0 saturated carbocycles. The van der Waals surface area contributed by atoms with Gasteiger partial charge < -0.3 is 19.4 Å². The average molecular weight is 479 g/mol. The molecule has 2 amide bonds. The standard InChI is InChI=1S/C28H31FN2O4/c1-2-24(22-10-4-6-12-25(22)34-19-28(33)31-17-7-8-18-31)30-27(32)16-14-20-13-15-26(35-20)21-9-3-5-11-23(21)29/h3-6,9-13,15,24H,2,7-8,14,16-19H2,1H3,(H,30,32). The molecule has 1 saturated heterocycles. The maximum Gasteiger partial charge on any atom is 0.260 e. The van der Waals surface area contributed by atoms with Gasteiger partial charge in [0.1, 0.15) is 23.1 Å². The van der Waals surface area contributed by atoms with Gasteiger partial charge in [0, 0.05) is 31.5 Å². The highest BCUT2D eigenvalue weighted by Gasteiger charge is 2.21. The summed E-state index contributed by atoms with van der Waals surface area (Å²) >= 11 is 0. The number of halogens is 1. The molecule has 1 atom stereocenters. The number of nitrogens with one attached hydrogen (secondary N) is 1. The van der Waals surface area contributed by atoms with E-state index in [9.17, 15) is 14.0 Å². The predicted octanol–water partition coefficient (Wildman–Crippen LogP) is 5.29. The van der Waals surface area contributed by atoms with Crippen LogP contribution < -0.4 is 10.1 Å². The van der Waals surface area contributed by atoms with Gasteiger partial charge in [-0.2, -0.15) is 0 Å². The van der Waals surface area contributed by atoms with Gasteiger partial charge in [-0.1, -0.05) is 37.3 Å². The van der Waals surface area contributed by atoms with E-state index in [1.54, 1.807) is 30.3 Å². The summed E-state index contributed by atoms with van der Waals surface area (Å²) in [5.41, 5.74) is 1.24. The van der Waals surface area contributed by atoms with E-state index in [-0.39, 0.29) is 36.7 Å². The lowest BCUT2D eigenvalue weighted by molar-refractivity contribution is -0.132. The Bertz CT molecular complexity index is 1150. The van der Waals surface area contributed by atoms with Crippen LogP contribution in [-0.4, -0.2) is 36.4 Å². The fourth-order valence-corrected chi connectivity index (χ4v) is 4.32. The van der Waals surface area contributed by atoms with Crippen molar-refractivity contribution in [3.63, 3.8) is 0 Å². The zero-order chi connectivity index (χ0) is 24.6. The van der Waals surface area contributed by atoms with Crippen LogP contribution in [0.25, 0.3) is 11.3 Å². The second kappa shape index (κ2) is 11.7. The molecule has 1 N–H and O–H groups in total. The largest absolute Gasteiger partial charge is 0.483 e. The first kappa shape index (κ1) is 24.5. The van der Waals surface area contributed by atoms with Crippen LogP contribution in [0.1, 0.15) is 50.0 Å². The highest BCUT2D eigenvalue weighted by atomic mass is 19.1. The fourth-order valence-electron chi connectivity index (χ4n) is 4.32. The van der Waals surface area contributed by atoms with Gasteiger partial charge in [0.15, 0.2) is 6.61 Å². The predicted molar refractivity (Wildman–Crippen MR) is 131 cm³/mol. The van der Waals surface area contributed by atoms with Gasteiger partial charge in [-0.05, 0) is 49.6 Å². The molecule has 2 heterocycles. The molecule has 7 heteroatoms. The molecule has 0 aliphatic carbocycles. The quantitative estimate of drug-likeness (QED) is 0.430. The maximum atomic E-state index is 14.0. The first-order valence-corrected chi connectivity index (χ1v) is 12.2. The summed E-state index contributed by atoms with van der Waals surface area (Å²) in [5.74, 6) is 1.19. The van der Waals surface area contributed by atoms with Crippen LogP contribution >= 0.6 is 0 Å². The van der Waals surface area contributed by atoms with Crippen molar-refractivity contribution in [2.45, 2.75) is 45.1 Å². The van der Waals surface area contributed by atoms with E-state index in [4.69, 9.17) is 9.15 Å². The lowest BCUT2D eigenvalue weighted by Crippen LogP contribution is -2.32. The van der Waals surface area contributed by atoms with Crippen LogP contribution in [0, 0.1) is 5.82 Å². The van der Waals surface area contributed by atoms with Crippen molar-refractivity contribution in [3.05, 3.63) is 77.8 Å². The van der Waals surface area contributed by atoms with Gasteiger partial charge in [-0.3, -0.25) is 9.59 Å². The lowest BCUT2D eigenvalue weighted by Gasteiger charge is -2.21. The Morgan fingerprint density at radius 2 is 1.80 bits per heavy atom. The molecule has 0 radical (unpaired) electrons. The first-order chi connectivity index (χ1) is 17.0. The molecule has 0 bridgehead atoms. The van der Waals surface area contributed by atoms with Crippen LogP contribution in [-0.2, 0) is 16.0 Å². The fraction of sp³-hybridized carbons (Fsp3) is 0.357. The van der Waals surface area contributed by atoms with E-state index in [0.29, 0.717) is 35.7 Å². The van der Waals surface area contributed by atoms with Gasteiger partial charge >= 0.3 is 0 Å². The number of hydrogen-bond acceptors (Lipinski definition) is 4. The molecule has 1 aliphatic heterocycles. The number of rotatable bonds is 10. The second-order valence-electron chi connectivity index (χ2n) is 8.69. The number of nitrogens with zero attached hydrogens (tertiary/aromatic N) is 1. The van der Waals surface area contributed by atoms with Gasteiger partial charge in [0.2, 0.25) is 5.91 Å². The minimum atomic E-state index is -0.347. The van der Waals surface area contributed by atoms with Gasteiger partial charge in [-0.15, -0.1) is 0 Å². The molecule has 1 aromatic heterocycles. The topological polar surface area (TPSA) is 71.8 Å². The highest BCUT2D eigenvalue weighted by molar-refractivity contribution is 5.78. The van der Waals surface area contributed by atoms with Crippen molar-refractivity contribution in [1.29, 1.82) is 0 Å². The van der Waals surface area contributed by atoms with Crippen LogP contribution in [0.4, 0.5) is 4.39 Å². The molecular formula is C28H31FN2O4. The van der Waals surface area contributed by atoms with Gasteiger partial charge in [0.25, 0.3) is 5.91 Å². The number of para-hydroxylation sites is 1. The second-order valence-corrected chi connectivity index (χ2v) is 8.69. The zero-order valence-corrected chi connectivity index (χ0v) is 20.0. The van der Waals surface area contributed by atoms with E-state index >= 15 is 0 Å². The van der Waals surface area contributed by atoms with Crippen molar-refractivity contribution < 1.29 is 23.1 Å². The Hall–Kier alpha value is -3.61. The van der Waals surface area contributed by atoms with Crippen molar-refractivity contribution in [1.82, 2.24) is 10.2 Å². The first-order valence-electron chi connectivity index (χ1n) is 12.2. The molecule has 1 fully saturated rings. The third-order valence-electron chi connectivity index (χ3n) is 6.25. The molecule has 1 aliphatic rings. The SMILES string of the molecule is CCC(NC(=O)CCc1ccc(-c2ccccc2F)o1)c1ccccc1OCC(=O)N1CCCC1. The van der Waals surface area contributed by atoms with Gasteiger partial charge in [-0.25, -0.2) is 4.39 Å². The Morgan fingerprint density at radius 3 is 2.57 bits per heavy atom. The number of benzene rings is 2. The third kappa shape index (κ3) is 6.29. The minimum absolute atomic E-state index is 0.00969. The van der Waals surface area contributed by atoms with E-state index in [2.05, 4.69) is 5.32 Å². The number of ether oxygens (including phenoxy) is 1. The molecule has 3 aromatic rings. The van der Waals surface area contributed by atoms with Gasteiger partial charge in [0.05, 0.1) is 11.6 Å². The third-order valence-corrected chi connectivity index (χ3v) is 6.25. The summed E-state index contributed by atoms with van der Waals surface area (Å²) in [6.07, 6.45) is 3.38. The van der Waals surface area contributed by atoms with Crippen LogP contribution in [0.3, 0.4) is 0 Å². The zero-order valence-electron chi connectivity index (χ0n) is 20.0. The van der Waals surface area contributed by atoms with E-state index in [1.807, 2.05) is 36.1 Å². The van der Waals surface area contributed by atoms with E-state index < -0.39 is 0 Å². The number of hydrogen-bond donors (Lipinski definition) is 1. The highest BCUT2D eigenvalue weighted by Crippen LogP contribution is 2.28.